The molecule has 0 radical (unpaired) electrons. The maximum Gasteiger partial charge on any atom is 0.341 e. The Morgan fingerprint density at radius 2 is 1.90 bits per heavy atom. The van der Waals surface area contributed by atoms with Crippen LogP contribution < -0.4 is 10.7 Å². The number of hydrogen-bond acceptors (Lipinski definition) is 7. The van der Waals surface area contributed by atoms with Gasteiger partial charge >= 0.3 is 5.97 Å². The Hall–Kier alpha value is -3.26. The highest BCUT2D eigenvalue weighted by molar-refractivity contribution is 7.18. The standard InChI is InChI=1S/C21H19NO6S/c1-5-27-21(26)17-11(3)18(12(4)23)29-20(17)22-19(25)16-9-14(24)13-7-6-10(2)8-15(13)28-16/h6-9H,5H2,1-4H3,(H,22,25). The molecule has 0 aliphatic rings. The Bertz CT molecular complexity index is 1200. The predicted molar refractivity (Wildman–Crippen MR) is 110 cm³/mol. The molecular formula is C21H19NO6S. The van der Waals surface area contributed by atoms with Gasteiger partial charge in [-0.05, 0) is 51.0 Å². The Kier molecular flexibility index (Phi) is 5.65. The number of amides is 1. The summed E-state index contributed by atoms with van der Waals surface area (Å²) < 4.78 is 10.7. The van der Waals surface area contributed by atoms with Crippen LogP contribution in [0.15, 0.2) is 33.5 Å². The lowest BCUT2D eigenvalue weighted by atomic mass is 10.1. The van der Waals surface area contributed by atoms with Crippen LogP contribution in [0, 0.1) is 13.8 Å². The van der Waals surface area contributed by atoms with Crippen LogP contribution in [0.25, 0.3) is 11.0 Å². The van der Waals surface area contributed by atoms with Crippen LogP contribution in [0.1, 0.15) is 55.6 Å². The molecule has 0 unspecified atom stereocenters. The number of ether oxygens (including phenoxy) is 1. The maximum atomic E-state index is 12.7. The molecule has 150 valence electrons. The van der Waals surface area contributed by atoms with Gasteiger partial charge < -0.3 is 14.5 Å². The fraction of sp³-hybridized carbons (Fsp3) is 0.238. The first-order chi connectivity index (χ1) is 13.7. The molecule has 1 amide bonds. The van der Waals surface area contributed by atoms with E-state index in [9.17, 15) is 19.2 Å². The second-order valence-electron chi connectivity index (χ2n) is 6.47. The van der Waals surface area contributed by atoms with Crippen LogP contribution in [0.5, 0.6) is 0 Å². The summed E-state index contributed by atoms with van der Waals surface area (Å²) in [5, 5.41) is 3.12. The number of fused-ring (bicyclic) bond motifs is 1. The van der Waals surface area contributed by atoms with Crippen LogP contribution in [0.4, 0.5) is 5.00 Å². The van der Waals surface area contributed by atoms with Crippen molar-refractivity contribution in [2.45, 2.75) is 27.7 Å². The summed E-state index contributed by atoms with van der Waals surface area (Å²) in [7, 11) is 0. The molecule has 0 aliphatic heterocycles. The monoisotopic (exact) mass is 413 g/mol. The van der Waals surface area contributed by atoms with Crippen LogP contribution in [0.3, 0.4) is 0 Å². The lowest BCUT2D eigenvalue weighted by Gasteiger charge is -2.07. The predicted octanol–water partition coefficient (Wildman–Crippen LogP) is 4.10. The molecule has 0 saturated carbocycles. The number of anilines is 1. The minimum atomic E-state index is -0.701. The molecule has 0 aliphatic carbocycles. The number of benzene rings is 1. The molecular weight excluding hydrogens is 394 g/mol. The molecule has 0 bridgehead atoms. The third-order valence-electron chi connectivity index (χ3n) is 4.28. The van der Waals surface area contributed by atoms with Crippen molar-refractivity contribution in [3.05, 3.63) is 61.8 Å². The van der Waals surface area contributed by atoms with Gasteiger partial charge in [-0.3, -0.25) is 14.4 Å². The smallest absolute Gasteiger partial charge is 0.341 e. The van der Waals surface area contributed by atoms with E-state index in [1.54, 1.807) is 32.0 Å². The molecule has 29 heavy (non-hydrogen) atoms. The number of aryl methyl sites for hydroxylation is 1. The quantitative estimate of drug-likeness (QED) is 0.499. The molecule has 2 heterocycles. The summed E-state index contributed by atoms with van der Waals surface area (Å²) in [4.78, 5) is 49.6. The Balaban J connectivity index is 2.04. The first-order valence-electron chi connectivity index (χ1n) is 8.90. The number of hydrogen-bond donors (Lipinski definition) is 1. The first-order valence-corrected chi connectivity index (χ1v) is 9.71. The largest absolute Gasteiger partial charge is 0.462 e. The van der Waals surface area contributed by atoms with Crippen molar-refractivity contribution < 1.29 is 23.5 Å². The minimum absolute atomic E-state index is 0.120. The van der Waals surface area contributed by atoms with Gasteiger partial charge in [-0.1, -0.05) is 6.07 Å². The molecule has 7 nitrogen and oxygen atoms in total. The SMILES string of the molecule is CCOC(=O)c1c(NC(=O)c2cc(=O)c3ccc(C)cc3o2)sc(C(C)=O)c1C. The molecule has 0 atom stereocenters. The van der Waals surface area contributed by atoms with Gasteiger partial charge in [0.15, 0.2) is 17.0 Å². The average Bonchev–Trinajstić information content (AvgIpc) is 2.97. The van der Waals surface area contributed by atoms with Crippen molar-refractivity contribution in [2.75, 3.05) is 11.9 Å². The Morgan fingerprint density at radius 1 is 1.17 bits per heavy atom. The minimum Gasteiger partial charge on any atom is -0.462 e. The molecule has 0 spiro atoms. The van der Waals surface area contributed by atoms with E-state index in [2.05, 4.69) is 5.32 Å². The number of nitrogens with one attached hydrogen (secondary N) is 1. The first kappa shape index (κ1) is 20.5. The third-order valence-corrected chi connectivity index (χ3v) is 5.59. The summed E-state index contributed by atoms with van der Waals surface area (Å²) in [5.74, 6) is -1.77. The van der Waals surface area contributed by atoms with Gasteiger partial charge in [-0.2, -0.15) is 0 Å². The number of carbonyl (C=O) groups excluding carboxylic acids is 3. The van der Waals surface area contributed by atoms with E-state index >= 15 is 0 Å². The van der Waals surface area contributed by atoms with Gasteiger partial charge in [-0.25, -0.2) is 4.79 Å². The van der Waals surface area contributed by atoms with Crippen molar-refractivity contribution in [1.82, 2.24) is 0 Å². The summed E-state index contributed by atoms with van der Waals surface area (Å²) in [6.45, 7) is 6.65. The summed E-state index contributed by atoms with van der Waals surface area (Å²) in [6, 6.07) is 6.19. The molecule has 0 saturated heterocycles. The zero-order valence-electron chi connectivity index (χ0n) is 16.4. The average molecular weight is 413 g/mol. The van der Waals surface area contributed by atoms with E-state index in [0.717, 1.165) is 23.0 Å². The van der Waals surface area contributed by atoms with Crippen molar-refractivity contribution >= 4 is 45.0 Å². The van der Waals surface area contributed by atoms with E-state index in [-0.39, 0.29) is 34.1 Å². The number of ketones is 1. The summed E-state index contributed by atoms with van der Waals surface area (Å²) >= 11 is 0.980. The van der Waals surface area contributed by atoms with Gasteiger partial charge in [0.2, 0.25) is 0 Å². The van der Waals surface area contributed by atoms with Crippen molar-refractivity contribution in [2.24, 2.45) is 0 Å². The fourth-order valence-electron chi connectivity index (χ4n) is 2.93. The van der Waals surface area contributed by atoms with Crippen LogP contribution in [-0.4, -0.2) is 24.3 Å². The molecule has 3 aromatic rings. The number of thiophene rings is 1. The number of Topliss-reactive ketones (excluding diaryl/α,β-unsaturated/α-hetero) is 1. The van der Waals surface area contributed by atoms with Crippen LogP contribution in [-0.2, 0) is 4.74 Å². The van der Waals surface area contributed by atoms with Crippen LogP contribution in [0.2, 0.25) is 0 Å². The second kappa shape index (κ2) is 8.00. The van der Waals surface area contributed by atoms with Crippen LogP contribution >= 0.6 is 11.3 Å². The highest BCUT2D eigenvalue weighted by Crippen LogP contribution is 2.34. The highest BCUT2D eigenvalue weighted by atomic mass is 32.1. The Labute approximate surface area is 170 Å². The van der Waals surface area contributed by atoms with E-state index in [0.29, 0.717) is 21.4 Å². The normalized spacial score (nSPS) is 10.8. The Morgan fingerprint density at radius 3 is 2.55 bits per heavy atom. The second-order valence-corrected chi connectivity index (χ2v) is 7.49. The molecule has 1 aromatic carbocycles. The molecule has 3 rings (SSSR count). The zero-order chi connectivity index (χ0) is 21.3. The van der Waals surface area contributed by atoms with E-state index in [4.69, 9.17) is 9.15 Å². The van der Waals surface area contributed by atoms with E-state index in [1.807, 2.05) is 6.92 Å². The topological polar surface area (TPSA) is 103 Å². The van der Waals surface area contributed by atoms with Gasteiger partial charge in [0.25, 0.3) is 5.91 Å². The molecule has 2 aromatic heterocycles. The van der Waals surface area contributed by atoms with Crippen molar-refractivity contribution in [3.8, 4) is 0 Å². The van der Waals surface area contributed by atoms with Gasteiger partial charge in [-0.15, -0.1) is 11.3 Å². The number of rotatable bonds is 5. The van der Waals surface area contributed by atoms with Gasteiger partial charge in [0.1, 0.15) is 10.6 Å². The van der Waals surface area contributed by atoms with Gasteiger partial charge in [0.05, 0.1) is 22.4 Å². The lowest BCUT2D eigenvalue weighted by molar-refractivity contribution is 0.0527. The van der Waals surface area contributed by atoms with E-state index in [1.165, 1.54) is 6.92 Å². The molecule has 0 fully saturated rings. The van der Waals surface area contributed by atoms with E-state index < -0.39 is 11.9 Å². The molecule has 8 heteroatoms. The number of esters is 1. The van der Waals surface area contributed by atoms with Crippen molar-refractivity contribution in [1.29, 1.82) is 0 Å². The summed E-state index contributed by atoms with van der Waals surface area (Å²) in [5.41, 5.74) is 1.37. The highest BCUT2D eigenvalue weighted by Gasteiger charge is 2.26. The summed E-state index contributed by atoms with van der Waals surface area (Å²) in [6.07, 6.45) is 0. The maximum absolute atomic E-state index is 12.7. The zero-order valence-corrected chi connectivity index (χ0v) is 17.2. The lowest BCUT2D eigenvalue weighted by Crippen LogP contribution is -2.16. The van der Waals surface area contributed by atoms with Gasteiger partial charge in [0, 0.05) is 6.07 Å². The number of carbonyl (C=O) groups is 3. The third kappa shape index (κ3) is 3.97. The van der Waals surface area contributed by atoms with Crippen molar-refractivity contribution in [3.63, 3.8) is 0 Å². The molecule has 1 N–H and O–H groups in total. The fourth-order valence-corrected chi connectivity index (χ4v) is 4.01.